The number of amidine groups is 1. The molecule has 0 spiro atoms. The third kappa shape index (κ3) is 6.79. The molecule has 2 saturated heterocycles. The van der Waals surface area contributed by atoms with Gasteiger partial charge in [-0.15, -0.1) is 0 Å². The van der Waals surface area contributed by atoms with Gasteiger partial charge in [0.2, 0.25) is 5.91 Å². The highest BCUT2D eigenvalue weighted by Gasteiger charge is 2.42. The molecule has 14 heteroatoms. The highest BCUT2D eigenvalue weighted by atomic mass is 35.5. The molecule has 0 unspecified atom stereocenters. The van der Waals surface area contributed by atoms with Gasteiger partial charge in [0, 0.05) is 35.4 Å². The number of rotatable bonds is 11. The second kappa shape index (κ2) is 12.0. The molecule has 188 valence electrons. The summed E-state index contributed by atoms with van der Waals surface area (Å²) in [6, 6.07) is 4.36. The number of fused-ring (bicyclic) bond motifs is 1. The summed E-state index contributed by atoms with van der Waals surface area (Å²) in [6.07, 6.45) is 3.15. The number of anilines is 1. The summed E-state index contributed by atoms with van der Waals surface area (Å²) in [7, 11) is 0. The zero-order valence-electron chi connectivity index (χ0n) is 18.6. The van der Waals surface area contributed by atoms with Gasteiger partial charge in [0.05, 0.1) is 17.1 Å². The minimum absolute atomic E-state index is 0.0144. The van der Waals surface area contributed by atoms with Crippen molar-refractivity contribution in [2.45, 2.75) is 48.0 Å². The minimum atomic E-state index is -0.548. The Kier molecular flexibility index (Phi) is 8.74. The van der Waals surface area contributed by atoms with E-state index in [2.05, 4.69) is 31.6 Å². The fourth-order valence-corrected chi connectivity index (χ4v) is 6.39. The first-order valence-corrected chi connectivity index (χ1v) is 13.5. The Morgan fingerprint density at radius 2 is 2.20 bits per heavy atom. The molecule has 3 atom stereocenters. The molecule has 0 radical (unpaired) electrons. The van der Waals surface area contributed by atoms with Crippen molar-refractivity contribution in [1.82, 2.24) is 26.3 Å². The van der Waals surface area contributed by atoms with Crippen LogP contribution in [-0.2, 0) is 4.79 Å². The standard InChI is InChI=1S/C21H25ClFN7O3S2/c22-12-9-11(5-6-13(12)23)26-19(24)18-20(30-33-29-18)34-8-7-25-16(31)4-2-1-3-15-17-14(10-35-15)27-21(32)28-17/h5-6,9,14-15,17H,1-4,7-8,10H2,(H2,24,26)(H,25,31)(H2,27,28,32)/t14-,15-,17-/m0/s1. The van der Waals surface area contributed by atoms with Crippen LogP contribution in [0, 0.1) is 11.2 Å². The largest absolute Gasteiger partial charge is 0.355 e. The third-order valence-corrected chi connectivity index (χ3v) is 8.38. The van der Waals surface area contributed by atoms with E-state index in [-0.39, 0.29) is 40.6 Å². The molecular weight excluding hydrogens is 517 g/mol. The van der Waals surface area contributed by atoms with E-state index in [1.165, 1.54) is 30.0 Å². The lowest BCUT2D eigenvalue weighted by Gasteiger charge is -2.16. The summed E-state index contributed by atoms with van der Waals surface area (Å²) in [5.74, 6) is 0.828. The first-order chi connectivity index (χ1) is 16.9. The maximum atomic E-state index is 13.3. The molecule has 4 rings (SSSR count). The van der Waals surface area contributed by atoms with Gasteiger partial charge in [-0.3, -0.25) is 10.2 Å². The fraction of sp³-hybridized carbons (Fsp3) is 0.476. The van der Waals surface area contributed by atoms with Crippen molar-refractivity contribution < 1.29 is 18.6 Å². The van der Waals surface area contributed by atoms with Crippen LogP contribution in [0.2, 0.25) is 5.02 Å². The number of thioether (sulfide) groups is 2. The molecule has 5 N–H and O–H groups in total. The SMILES string of the molecule is N=C(Nc1ccc(F)c(Cl)c1)c1nonc1SCCNC(=O)CCCC[C@@H]1SC[C@@H]2NC(=O)N[C@@H]21. The second-order valence-corrected chi connectivity index (χ2v) is 10.9. The van der Waals surface area contributed by atoms with Gasteiger partial charge in [-0.1, -0.05) is 29.8 Å². The van der Waals surface area contributed by atoms with Gasteiger partial charge in [-0.05, 0) is 41.4 Å². The van der Waals surface area contributed by atoms with E-state index >= 15 is 0 Å². The van der Waals surface area contributed by atoms with E-state index in [0.717, 1.165) is 25.0 Å². The molecule has 2 aromatic rings. The van der Waals surface area contributed by atoms with Gasteiger partial charge in [-0.2, -0.15) is 11.8 Å². The number of nitrogens with zero attached hydrogens (tertiary/aromatic N) is 2. The van der Waals surface area contributed by atoms with E-state index < -0.39 is 5.82 Å². The number of carbonyl (C=O) groups excluding carboxylic acids is 2. The predicted molar refractivity (Wildman–Crippen MR) is 134 cm³/mol. The van der Waals surface area contributed by atoms with Gasteiger partial charge in [-0.25, -0.2) is 13.8 Å². The molecule has 2 aliphatic rings. The summed E-state index contributed by atoms with van der Waals surface area (Å²) in [6.45, 7) is 0.435. The van der Waals surface area contributed by atoms with Crippen LogP contribution in [0.5, 0.6) is 0 Å². The first kappa shape index (κ1) is 25.6. The summed E-state index contributed by atoms with van der Waals surface area (Å²) in [5, 5.41) is 28.1. The number of hydrogen-bond acceptors (Lipinski definition) is 8. The lowest BCUT2D eigenvalue weighted by molar-refractivity contribution is -0.121. The summed E-state index contributed by atoms with van der Waals surface area (Å²) in [4.78, 5) is 23.6. The van der Waals surface area contributed by atoms with Gasteiger partial charge in [0.15, 0.2) is 16.6 Å². The number of urea groups is 1. The number of benzene rings is 1. The topological polar surface area (TPSA) is 145 Å². The van der Waals surface area contributed by atoms with Gasteiger partial charge >= 0.3 is 6.03 Å². The van der Waals surface area contributed by atoms with Crippen LogP contribution in [0.4, 0.5) is 14.9 Å². The predicted octanol–water partition coefficient (Wildman–Crippen LogP) is 3.23. The molecule has 3 amide bonds. The summed E-state index contributed by atoms with van der Waals surface area (Å²) in [5.41, 5.74) is 0.645. The molecule has 0 bridgehead atoms. The van der Waals surface area contributed by atoms with Gasteiger partial charge < -0.3 is 21.3 Å². The first-order valence-electron chi connectivity index (χ1n) is 11.1. The highest BCUT2D eigenvalue weighted by Crippen LogP contribution is 2.33. The van der Waals surface area contributed by atoms with Crippen LogP contribution in [0.1, 0.15) is 31.4 Å². The van der Waals surface area contributed by atoms with Gasteiger partial charge in [0.25, 0.3) is 0 Å². The Bertz CT molecular complexity index is 1090. The van der Waals surface area contributed by atoms with Crippen molar-refractivity contribution in [1.29, 1.82) is 5.41 Å². The van der Waals surface area contributed by atoms with Crippen LogP contribution in [0.15, 0.2) is 27.9 Å². The molecule has 1 aromatic heterocycles. The van der Waals surface area contributed by atoms with Crippen LogP contribution in [0.25, 0.3) is 0 Å². The average Bonchev–Trinajstić information content (AvgIpc) is 3.53. The van der Waals surface area contributed by atoms with Crippen molar-refractivity contribution >= 4 is 58.6 Å². The number of halogens is 2. The van der Waals surface area contributed by atoms with Crippen molar-refractivity contribution in [3.05, 3.63) is 34.7 Å². The smallest absolute Gasteiger partial charge is 0.315 e. The van der Waals surface area contributed by atoms with E-state index in [4.69, 9.17) is 21.6 Å². The van der Waals surface area contributed by atoms with Crippen LogP contribution >= 0.6 is 35.1 Å². The van der Waals surface area contributed by atoms with E-state index in [9.17, 15) is 14.0 Å². The highest BCUT2D eigenvalue weighted by molar-refractivity contribution is 8.00. The molecule has 2 aliphatic heterocycles. The zero-order valence-corrected chi connectivity index (χ0v) is 21.0. The molecule has 2 fully saturated rings. The second-order valence-electron chi connectivity index (χ2n) is 8.11. The van der Waals surface area contributed by atoms with Crippen LogP contribution < -0.4 is 21.3 Å². The number of aromatic nitrogens is 2. The van der Waals surface area contributed by atoms with E-state index in [1.54, 1.807) is 0 Å². The normalized spacial score (nSPS) is 20.7. The lowest BCUT2D eigenvalue weighted by Crippen LogP contribution is -2.36. The number of carbonyl (C=O) groups is 2. The van der Waals surface area contributed by atoms with E-state index in [0.29, 0.717) is 34.7 Å². The zero-order chi connectivity index (χ0) is 24.8. The third-order valence-electron chi connectivity index (χ3n) is 5.63. The molecule has 10 nitrogen and oxygen atoms in total. The number of amides is 3. The Balaban J connectivity index is 1.11. The number of unbranched alkanes of at least 4 members (excludes halogenated alkanes) is 1. The number of hydrogen-bond donors (Lipinski definition) is 5. The molecule has 0 aliphatic carbocycles. The quantitative estimate of drug-likeness (QED) is 0.0958. The molecule has 35 heavy (non-hydrogen) atoms. The summed E-state index contributed by atoms with van der Waals surface area (Å²) >= 11 is 8.95. The Morgan fingerprint density at radius 1 is 1.34 bits per heavy atom. The van der Waals surface area contributed by atoms with Crippen LogP contribution in [0.3, 0.4) is 0 Å². The van der Waals surface area contributed by atoms with Crippen molar-refractivity contribution in [2.75, 3.05) is 23.4 Å². The Labute approximate surface area is 214 Å². The average molecular weight is 542 g/mol. The monoisotopic (exact) mass is 541 g/mol. The van der Waals surface area contributed by atoms with Gasteiger partial charge in [0.1, 0.15) is 5.82 Å². The van der Waals surface area contributed by atoms with Crippen LogP contribution in [-0.4, -0.2) is 63.5 Å². The van der Waals surface area contributed by atoms with Crippen molar-refractivity contribution in [3.63, 3.8) is 0 Å². The van der Waals surface area contributed by atoms with E-state index in [1.807, 2.05) is 11.8 Å². The van der Waals surface area contributed by atoms with Crippen molar-refractivity contribution in [3.8, 4) is 0 Å². The molecule has 3 heterocycles. The molecule has 0 saturated carbocycles. The fourth-order valence-electron chi connectivity index (χ4n) is 3.91. The van der Waals surface area contributed by atoms with Crippen molar-refractivity contribution in [2.24, 2.45) is 0 Å². The Hall–Kier alpha value is -2.51. The Morgan fingerprint density at radius 3 is 3.03 bits per heavy atom. The molecular formula is C21H25ClFN7O3S2. The maximum Gasteiger partial charge on any atom is 0.315 e. The summed E-state index contributed by atoms with van der Waals surface area (Å²) < 4.78 is 18.1. The lowest BCUT2D eigenvalue weighted by atomic mass is 10.0. The number of nitrogens with one attached hydrogen (secondary N) is 5. The minimum Gasteiger partial charge on any atom is -0.355 e. The maximum absolute atomic E-state index is 13.3. The molecule has 1 aromatic carbocycles.